The molecule has 0 aromatic rings. The van der Waals surface area contributed by atoms with E-state index in [9.17, 15) is 9.90 Å². The molecule has 1 fully saturated rings. The molecule has 0 bridgehead atoms. The van der Waals surface area contributed by atoms with Gasteiger partial charge in [0.25, 0.3) is 0 Å². The second-order valence-corrected chi connectivity index (χ2v) is 4.63. The van der Waals surface area contributed by atoms with Gasteiger partial charge in [-0.25, -0.2) is 0 Å². The van der Waals surface area contributed by atoms with E-state index >= 15 is 0 Å². The molecule has 1 rings (SSSR count). The summed E-state index contributed by atoms with van der Waals surface area (Å²) >= 11 is 0. The maximum atomic E-state index is 11.5. The van der Waals surface area contributed by atoms with Crippen LogP contribution in [0.1, 0.15) is 26.7 Å². The Bertz CT molecular complexity index is 206. The van der Waals surface area contributed by atoms with Gasteiger partial charge in [-0.1, -0.05) is 13.8 Å². The van der Waals surface area contributed by atoms with E-state index in [0.717, 1.165) is 25.9 Å². The highest BCUT2D eigenvalue weighted by atomic mass is 35.5. The number of halogens is 1. The van der Waals surface area contributed by atoms with Crippen LogP contribution in [0, 0.1) is 11.8 Å². The third-order valence-corrected chi connectivity index (χ3v) is 2.92. The molecule has 1 aliphatic rings. The van der Waals surface area contributed by atoms with Crippen molar-refractivity contribution in [2.45, 2.75) is 32.8 Å². The summed E-state index contributed by atoms with van der Waals surface area (Å²) in [7, 11) is 0. The van der Waals surface area contributed by atoms with Crippen molar-refractivity contribution in [2.24, 2.45) is 11.8 Å². The van der Waals surface area contributed by atoms with Crippen molar-refractivity contribution >= 4 is 18.3 Å². The summed E-state index contributed by atoms with van der Waals surface area (Å²) in [4.78, 5) is 11.5. The Morgan fingerprint density at radius 1 is 1.44 bits per heavy atom. The maximum Gasteiger partial charge on any atom is 0.249 e. The van der Waals surface area contributed by atoms with Crippen molar-refractivity contribution in [2.75, 3.05) is 19.6 Å². The molecule has 1 heterocycles. The van der Waals surface area contributed by atoms with Crippen molar-refractivity contribution in [3.8, 4) is 0 Å². The highest BCUT2D eigenvalue weighted by Crippen LogP contribution is 2.10. The number of carbonyl (C=O) groups excluding carboxylic acids is 1. The Morgan fingerprint density at radius 3 is 2.50 bits per heavy atom. The quantitative estimate of drug-likeness (QED) is 0.683. The zero-order valence-electron chi connectivity index (χ0n) is 10.0. The van der Waals surface area contributed by atoms with Crippen LogP contribution in [0.25, 0.3) is 0 Å². The smallest absolute Gasteiger partial charge is 0.249 e. The summed E-state index contributed by atoms with van der Waals surface area (Å²) in [6.45, 7) is 6.45. The molecule has 0 aromatic heterocycles. The second-order valence-electron chi connectivity index (χ2n) is 4.63. The molecule has 1 amide bonds. The van der Waals surface area contributed by atoms with Gasteiger partial charge < -0.3 is 15.7 Å². The highest BCUT2D eigenvalue weighted by Gasteiger charge is 2.20. The van der Waals surface area contributed by atoms with Crippen LogP contribution in [-0.2, 0) is 4.79 Å². The van der Waals surface area contributed by atoms with E-state index in [-0.39, 0.29) is 24.2 Å². The summed E-state index contributed by atoms with van der Waals surface area (Å²) in [5.74, 6) is 0.316. The van der Waals surface area contributed by atoms with Crippen LogP contribution in [-0.4, -0.2) is 36.8 Å². The molecule has 1 atom stereocenters. The van der Waals surface area contributed by atoms with E-state index in [0.29, 0.717) is 12.5 Å². The van der Waals surface area contributed by atoms with Gasteiger partial charge in [0.2, 0.25) is 5.91 Å². The maximum absolute atomic E-state index is 11.5. The lowest BCUT2D eigenvalue weighted by Gasteiger charge is -2.23. The Balaban J connectivity index is 0.00000225. The van der Waals surface area contributed by atoms with Gasteiger partial charge in [-0.3, -0.25) is 4.79 Å². The van der Waals surface area contributed by atoms with E-state index < -0.39 is 6.10 Å². The zero-order chi connectivity index (χ0) is 11.3. The molecule has 0 radical (unpaired) electrons. The molecule has 3 N–H and O–H groups in total. The van der Waals surface area contributed by atoms with E-state index in [2.05, 4.69) is 10.6 Å². The first-order chi connectivity index (χ1) is 7.11. The van der Waals surface area contributed by atoms with E-state index in [1.165, 1.54) is 0 Å². The molecule has 0 aliphatic carbocycles. The third kappa shape index (κ3) is 5.14. The van der Waals surface area contributed by atoms with Crippen LogP contribution >= 0.6 is 12.4 Å². The number of hydrogen-bond acceptors (Lipinski definition) is 3. The van der Waals surface area contributed by atoms with Crippen molar-refractivity contribution < 1.29 is 9.90 Å². The molecule has 4 nitrogen and oxygen atoms in total. The molecule has 96 valence electrons. The summed E-state index contributed by atoms with van der Waals surface area (Å²) in [5, 5.41) is 15.6. The Labute approximate surface area is 104 Å². The molecule has 5 heteroatoms. The van der Waals surface area contributed by atoms with Crippen molar-refractivity contribution in [3.63, 3.8) is 0 Å². The second kappa shape index (κ2) is 7.87. The Hall–Kier alpha value is -0.320. The number of amides is 1. The molecule has 0 aromatic carbocycles. The fraction of sp³-hybridized carbons (Fsp3) is 0.909. The minimum atomic E-state index is -0.869. The van der Waals surface area contributed by atoms with Gasteiger partial charge in [-0.2, -0.15) is 0 Å². The van der Waals surface area contributed by atoms with E-state index in [1.807, 2.05) is 13.8 Å². The number of piperidine rings is 1. The van der Waals surface area contributed by atoms with Crippen LogP contribution < -0.4 is 10.6 Å². The van der Waals surface area contributed by atoms with E-state index in [1.54, 1.807) is 0 Å². The van der Waals surface area contributed by atoms with Gasteiger partial charge >= 0.3 is 0 Å². The largest absolute Gasteiger partial charge is 0.383 e. The molecule has 0 saturated carbocycles. The van der Waals surface area contributed by atoms with Gasteiger partial charge in [0.15, 0.2) is 0 Å². The first kappa shape index (κ1) is 15.7. The molecule has 1 aliphatic heterocycles. The van der Waals surface area contributed by atoms with Crippen LogP contribution in [0.15, 0.2) is 0 Å². The van der Waals surface area contributed by atoms with Crippen molar-refractivity contribution in [1.82, 2.24) is 10.6 Å². The zero-order valence-corrected chi connectivity index (χ0v) is 10.8. The number of aliphatic hydroxyl groups is 1. The molecule has 1 unspecified atom stereocenters. The minimum Gasteiger partial charge on any atom is -0.383 e. The van der Waals surface area contributed by atoms with Crippen LogP contribution in [0.4, 0.5) is 0 Å². The fourth-order valence-electron chi connectivity index (χ4n) is 1.74. The van der Waals surface area contributed by atoms with Gasteiger partial charge in [0.1, 0.15) is 6.10 Å². The van der Waals surface area contributed by atoms with Crippen LogP contribution in [0.5, 0.6) is 0 Å². The van der Waals surface area contributed by atoms with Crippen molar-refractivity contribution in [3.05, 3.63) is 0 Å². The number of aliphatic hydroxyl groups excluding tert-OH is 1. The van der Waals surface area contributed by atoms with Gasteiger partial charge in [0, 0.05) is 6.54 Å². The standard InChI is InChI=1S/C11H22N2O2.ClH/c1-8(2)10(14)11(15)13-7-9-3-5-12-6-4-9;/h8-10,12,14H,3-7H2,1-2H3,(H,13,15);1H. The topological polar surface area (TPSA) is 61.4 Å². The van der Waals surface area contributed by atoms with Gasteiger partial charge in [-0.05, 0) is 37.8 Å². The summed E-state index contributed by atoms with van der Waals surface area (Å²) in [6, 6.07) is 0. The predicted octanol–water partition coefficient (Wildman–Crippen LogP) is 0.541. The highest BCUT2D eigenvalue weighted by molar-refractivity contribution is 5.85. The SMILES string of the molecule is CC(C)C(O)C(=O)NCC1CCNCC1.Cl. The molecular weight excluding hydrogens is 228 g/mol. The summed E-state index contributed by atoms with van der Waals surface area (Å²) in [6.07, 6.45) is 1.35. The third-order valence-electron chi connectivity index (χ3n) is 2.92. The predicted molar refractivity (Wildman–Crippen MR) is 66.7 cm³/mol. The van der Waals surface area contributed by atoms with Gasteiger partial charge in [-0.15, -0.1) is 12.4 Å². The van der Waals surface area contributed by atoms with Crippen molar-refractivity contribution in [1.29, 1.82) is 0 Å². The monoisotopic (exact) mass is 250 g/mol. The van der Waals surface area contributed by atoms with Crippen LogP contribution in [0.3, 0.4) is 0 Å². The lowest BCUT2D eigenvalue weighted by Crippen LogP contribution is -2.42. The lowest BCUT2D eigenvalue weighted by molar-refractivity contribution is -0.131. The molecular formula is C11H23ClN2O2. The minimum absolute atomic E-state index is 0. The molecule has 16 heavy (non-hydrogen) atoms. The molecule has 1 saturated heterocycles. The number of nitrogens with one attached hydrogen (secondary N) is 2. The lowest BCUT2D eigenvalue weighted by atomic mass is 9.98. The van der Waals surface area contributed by atoms with Gasteiger partial charge in [0.05, 0.1) is 0 Å². The summed E-state index contributed by atoms with van der Waals surface area (Å²) in [5.41, 5.74) is 0. The average molecular weight is 251 g/mol. The summed E-state index contributed by atoms with van der Waals surface area (Å²) < 4.78 is 0. The normalized spacial score (nSPS) is 19.0. The average Bonchev–Trinajstić information content (AvgIpc) is 2.26. The van der Waals surface area contributed by atoms with E-state index in [4.69, 9.17) is 0 Å². The first-order valence-corrected chi connectivity index (χ1v) is 5.77. The number of hydrogen-bond donors (Lipinski definition) is 3. The Kier molecular flexibility index (Phi) is 7.72. The first-order valence-electron chi connectivity index (χ1n) is 5.77. The Morgan fingerprint density at radius 2 is 2.00 bits per heavy atom. The number of carbonyl (C=O) groups is 1. The molecule has 0 spiro atoms. The number of rotatable bonds is 4. The van der Waals surface area contributed by atoms with Crippen LogP contribution in [0.2, 0.25) is 0 Å². The fourth-order valence-corrected chi connectivity index (χ4v) is 1.74.